The van der Waals surface area contributed by atoms with Crippen LogP contribution in [0.15, 0.2) is 57.7 Å². The summed E-state index contributed by atoms with van der Waals surface area (Å²) in [5.74, 6) is 0.0900. The highest BCUT2D eigenvalue weighted by Crippen LogP contribution is 2.41. The Morgan fingerprint density at radius 3 is 2.47 bits per heavy atom. The van der Waals surface area contributed by atoms with Crippen molar-refractivity contribution in [3.63, 3.8) is 0 Å². The van der Waals surface area contributed by atoms with Gasteiger partial charge in [0, 0.05) is 6.04 Å². The van der Waals surface area contributed by atoms with Crippen LogP contribution in [-0.2, 0) is 9.84 Å². The highest BCUT2D eigenvalue weighted by atomic mass is 32.2. The maximum atomic E-state index is 13.4. The van der Waals surface area contributed by atoms with E-state index in [4.69, 9.17) is 9.15 Å². The van der Waals surface area contributed by atoms with Gasteiger partial charge in [-0.05, 0) is 36.2 Å². The molecule has 0 spiro atoms. The van der Waals surface area contributed by atoms with E-state index in [1.807, 2.05) is 0 Å². The molecule has 1 amide bonds. The van der Waals surface area contributed by atoms with Crippen LogP contribution in [0.2, 0.25) is 0 Å². The van der Waals surface area contributed by atoms with E-state index >= 15 is 0 Å². The van der Waals surface area contributed by atoms with Gasteiger partial charge in [-0.2, -0.15) is 0 Å². The second-order valence-corrected chi connectivity index (χ2v) is 9.84. The minimum Gasteiger partial charge on any atom is -0.497 e. The molecule has 30 heavy (non-hydrogen) atoms. The largest absolute Gasteiger partial charge is 0.497 e. The van der Waals surface area contributed by atoms with Crippen LogP contribution in [-0.4, -0.2) is 43.9 Å². The van der Waals surface area contributed by atoms with Gasteiger partial charge in [-0.15, -0.1) is 0 Å². The number of para-hydroxylation sites is 1. The predicted octanol–water partition coefficient (Wildman–Crippen LogP) is 2.53. The molecule has 2 aromatic carbocycles. The van der Waals surface area contributed by atoms with Crippen molar-refractivity contribution in [1.29, 1.82) is 0 Å². The molecule has 3 heterocycles. The van der Waals surface area contributed by atoms with E-state index in [1.54, 1.807) is 55.6 Å². The molecule has 0 unspecified atom stereocenters. The van der Waals surface area contributed by atoms with Crippen LogP contribution in [0.1, 0.15) is 34.1 Å². The zero-order valence-electron chi connectivity index (χ0n) is 16.2. The monoisotopic (exact) mass is 425 g/mol. The number of benzene rings is 2. The first-order valence-electron chi connectivity index (χ1n) is 9.62. The second-order valence-electron chi connectivity index (χ2n) is 7.62. The minimum absolute atomic E-state index is 0.0104. The molecule has 0 radical (unpaired) electrons. The van der Waals surface area contributed by atoms with Crippen molar-refractivity contribution in [3.05, 3.63) is 75.6 Å². The van der Waals surface area contributed by atoms with Gasteiger partial charge in [0.2, 0.25) is 5.76 Å². The molecule has 1 fully saturated rings. The van der Waals surface area contributed by atoms with E-state index in [9.17, 15) is 18.0 Å². The van der Waals surface area contributed by atoms with Crippen LogP contribution in [0.25, 0.3) is 11.0 Å². The standard InChI is InChI=1S/C22H19NO6S/c1-28-15-8-6-13(7-9-15)19-18-20(24)16-4-2-3-5-17(16)29-21(18)22(25)23(19)14-10-11-30(26,27)12-14/h2-9,14,19H,10-12H2,1H3/t14-,19+/m0/s1. The lowest BCUT2D eigenvalue weighted by atomic mass is 9.97. The van der Waals surface area contributed by atoms with Gasteiger partial charge in [-0.25, -0.2) is 8.42 Å². The molecule has 2 atom stereocenters. The summed E-state index contributed by atoms with van der Waals surface area (Å²) < 4.78 is 35.3. The van der Waals surface area contributed by atoms with Gasteiger partial charge in [0.25, 0.3) is 5.91 Å². The van der Waals surface area contributed by atoms with Crippen molar-refractivity contribution in [2.45, 2.75) is 18.5 Å². The van der Waals surface area contributed by atoms with Gasteiger partial charge in [0.1, 0.15) is 11.3 Å². The molecule has 154 valence electrons. The van der Waals surface area contributed by atoms with Crippen LogP contribution < -0.4 is 10.2 Å². The molecule has 5 rings (SSSR count). The Hall–Kier alpha value is -3.13. The number of sulfone groups is 1. The number of ether oxygens (including phenoxy) is 1. The van der Waals surface area contributed by atoms with E-state index in [-0.39, 0.29) is 28.3 Å². The first kappa shape index (κ1) is 18.9. The molecule has 0 aliphatic carbocycles. The summed E-state index contributed by atoms with van der Waals surface area (Å²) in [6.07, 6.45) is 0.336. The minimum atomic E-state index is -3.23. The molecular weight excluding hydrogens is 406 g/mol. The molecular formula is C22H19NO6S. The second kappa shape index (κ2) is 6.70. The highest BCUT2D eigenvalue weighted by Gasteiger charge is 2.48. The molecule has 1 aromatic heterocycles. The fraction of sp³-hybridized carbons (Fsp3) is 0.273. The van der Waals surface area contributed by atoms with Crippen LogP contribution in [0.4, 0.5) is 0 Å². The number of nitrogens with zero attached hydrogens (tertiary/aromatic N) is 1. The number of fused-ring (bicyclic) bond motifs is 2. The SMILES string of the molecule is COc1ccc([C@@H]2c3c(oc4ccccc4c3=O)C(=O)N2[C@H]2CCS(=O)(=O)C2)cc1. The van der Waals surface area contributed by atoms with Gasteiger partial charge < -0.3 is 14.1 Å². The van der Waals surface area contributed by atoms with E-state index in [2.05, 4.69) is 0 Å². The van der Waals surface area contributed by atoms with Gasteiger partial charge in [0.15, 0.2) is 15.3 Å². The maximum Gasteiger partial charge on any atom is 0.291 e. The molecule has 1 saturated heterocycles. The fourth-order valence-corrected chi connectivity index (χ4v) is 6.13. The third-order valence-corrected chi connectivity index (χ3v) is 7.60. The lowest BCUT2D eigenvalue weighted by Crippen LogP contribution is -2.40. The van der Waals surface area contributed by atoms with Crippen LogP contribution >= 0.6 is 0 Å². The molecule has 0 N–H and O–H groups in total. The summed E-state index contributed by atoms with van der Waals surface area (Å²) in [5, 5.41) is 0.392. The quantitative estimate of drug-likeness (QED) is 0.640. The average molecular weight is 425 g/mol. The van der Waals surface area contributed by atoms with E-state index < -0.39 is 27.8 Å². The number of amides is 1. The summed E-state index contributed by atoms with van der Waals surface area (Å²) in [6, 6.07) is 12.7. The Morgan fingerprint density at radius 2 is 1.80 bits per heavy atom. The number of rotatable bonds is 3. The van der Waals surface area contributed by atoms with Gasteiger partial charge >= 0.3 is 0 Å². The lowest BCUT2D eigenvalue weighted by Gasteiger charge is -2.30. The van der Waals surface area contributed by atoms with Crippen molar-refractivity contribution < 1.29 is 22.4 Å². The van der Waals surface area contributed by atoms with E-state index in [1.165, 1.54) is 4.90 Å². The van der Waals surface area contributed by atoms with Gasteiger partial charge in [-0.3, -0.25) is 9.59 Å². The summed E-state index contributed by atoms with van der Waals surface area (Å²) in [7, 11) is -1.68. The third kappa shape index (κ3) is 2.82. The number of methoxy groups -OCH3 is 1. The van der Waals surface area contributed by atoms with Crippen LogP contribution in [0, 0.1) is 0 Å². The smallest absolute Gasteiger partial charge is 0.291 e. The molecule has 0 saturated carbocycles. The molecule has 2 aliphatic heterocycles. The van der Waals surface area contributed by atoms with E-state index in [0.29, 0.717) is 28.7 Å². The zero-order chi connectivity index (χ0) is 21.0. The Bertz CT molecular complexity index is 1330. The number of hydrogen-bond acceptors (Lipinski definition) is 6. The van der Waals surface area contributed by atoms with Crippen molar-refractivity contribution in [2.75, 3.05) is 18.6 Å². The first-order chi connectivity index (χ1) is 14.4. The van der Waals surface area contributed by atoms with Crippen LogP contribution in [0.5, 0.6) is 5.75 Å². The molecule has 0 bridgehead atoms. The molecule has 8 heteroatoms. The highest BCUT2D eigenvalue weighted by molar-refractivity contribution is 7.91. The Morgan fingerprint density at radius 1 is 1.07 bits per heavy atom. The molecule has 3 aromatic rings. The summed E-state index contributed by atoms with van der Waals surface area (Å²) in [6.45, 7) is 0. The van der Waals surface area contributed by atoms with Crippen molar-refractivity contribution in [1.82, 2.24) is 4.90 Å². The summed E-state index contributed by atoms with van der Waals surface area (Å²) >= 11 is 0. The lowest BCUT2D eigenvalue weighted by molar-refractivity contribution is 0.0662. The number of carbonyl (C=O) groups excluding carboxylic acids is 1. The van der Waals surface area contributed by atoms with Crippen LogP contribution in [0.3, 0.4) is 0 Å². The van der Waals surface area contributed by atoms with Crippen molar-refractivity contribution in [3.8, 4) is 5.75 Å². The summed E-state index contributed by atoms with van der Waals surface area (Å²) in [4.78, 5) is 28.3. The zero-order valence-corrected chi connectivity index (χ0v) is 17.0. The Labute approximate surface area is 172 Å². The molecule has 7 nitrogen and oxygen atoms in total. The van der Waals surface area contributed by atoms with Crippen molar-refractivity contribution >= 4 is 26.7 Å². The van der Waals surface area contributed by atoms with E-state index in [0.717, 1.165) is 0 Å². The maximum absolute atomic E-state index is 13.4. The Kier molecular flexibility index (Phi) is 4.21. The average Bonchev–Trinajstić information content (AvgIpc) is 3.25. The number of hydrogen-bond donors (Lipinski definition) is 0. The third-order valence-electron chi connectivity index (χ3n) is 5.85. The van der Waals surface area contributed by atoms with Gasteiger partial charge in [-0.1, -0.05) is 24.3 Å². The van der Waals surface area contributed by atoms with Gasteiger partial charge in [0.05, 0.1) is 35.6 Å². The number of carbonyl (C=O) groups is 1. The normalized spacial score (nSPS) is 22.4. The fourth-order valence-electron chi connectivity index (χ4n) is 4.42. The molecule has 2 aliphatic rings. The summed E-state index contributed by atoms with van der Waals surface area (Å²) in [5.41, 5.74) is 1.02. The van der Waals surface area contributed by atoms with Crippen molar-refractivity contribution in [2.24, 2.45) is 0 Å². The Balaban J connectivity index is 1.74. The first-order valence-corrected chi connectivity index (χ1v) is 11.4. The topological polar surface area (TPSA) is 93.9 Å². The predicted molar refractivity (Wildman–Crippen MR) is 111 cm³/mol.